The lowest BCUT2D eigenvalue weighted by molar-refractivity contribution is 0.0829. The molecule has 0 fully saturated rings. The zero-order chi connectivity index (χ0) is 20.5. The molecule has 146 valence electrons. The van der Waals surface area contributed by atoms with Crippen LogP contribution in [0.5, 0.6) is 0 Å². The summed E-state index contributed by atoms with van der Waals surface area (Å²) in [6.07, 6.45) is 0. The first-order chi connectivity index (χ1) is 14.0. The standard InChI is InChI=1S/C21H18N4O4/c1-3-25-21(28)15-7-5-4-6-14(15)18(24-25)20(27)23-22-19(26)17-11-13-10-12(2)8-9-16(13)29-17/h4-11H,3H2,1-2H3,(H,22,26)(H,23,27). The van der Waals surface area contributed by atoms with E-state index < -0.39 is 11.8 Å². The van der Waals surface area contributed by atoms with Crippen molar-refractivity contribution in [1.29, 1.82) is 0 Å². The van der Waals surface area contributed by atoms with E-state index >= 15 is 0 Å². The highest BCUT2D eigenvalue weighted by Gasteiger charge is 2.18. The monoisotopic (exact) mass is 390 g/mol. The first-order valence-electron chi connectivity index (χ1n) is 9.08. The van der Waals surface area contributed by atoms with Gasteiger partial charge in [0.2, 0.25) is 0 Å². The van der Waals surface area contributed by atoms with Crippen molar-refractivity contribution in [2.45, 2.75) is 20.4 Å². The van der Waals surface area contributed by atoms with Gasteiger partial charge in [-0.15, -0.1) is 0 Å². The zero-order valence-electron chi connectivity index (χ0n) is 15.9. The lowest BCUT2D eigenvalue weighted by Crippen LogP contribution is -2.42. The van der Waals surface area contributed by atoms with Crippen molar-refractivity contribution in [3.8, 4) is 0 Å². The number of fused-ring (bicyclic) bond motifs is 2. The third-order valence-corrected chi connectivity index (χ3v) is 4.57. The molecular formula is C21H18N4O4. The van der Waals surface area contributed by atoms with Crippen LogP contribution in [0.4, 0.5) is 0 Å². The number of amides is 2. The largest absolute Gasteiger partial charge is 0.451 e. The third-order valence-electron chi connectivity index (χ3n) is 4.57. The second kappa shape index (κ2) is 7.23. The summed E-state index contributed by atoms with van der Waals surface area (Å²) in [6, 6.07) is 13.9. The summed E-state index contributed by atoms with van der Waals surface area (Å²) in [5.41, 5.74) is 6.06. The van der Waals surface area contributed by atoms with Gasteiger partial charge >= 0.3 is 5.91 Å². The minimum Gasteiger partial charge on any atom is -0.451 e. The second-order valence-corrected chi connectivity index (χ2v) is 6.58. The number of aryl methyl sites for hydroxylation is 2. The Labute approximate surface area is 165 Å². The summed E-state index contributed by atoms with van der Waals surface area (Å²) >= 11 is 0. The number of hydrogen-bond donors (Lipinski definition) is 2. The average Bonchev–Trinajstić information content (AvgIpc) is 3.15. The summed E-state index contributed by atoms with van der Waals surface area (Å²) < 4.78 is 6.73. The van der Waals surface area contributed by atoms with Crippen LogP contribution >= 0.6 is 0 Å². The Morgan fingerprint density at radius 3 is 2.52 bits per heavy atom. The van der Waals surface area contributed by atoms with Crippen LogP contribution in [0.1, 0.15) is 33.5 Å². The number of benzene rings is 2. The molecule has 0 spiro atoms. The lowest BCUT2D eigenvalue weighted by atomic mass is 10.1. The van der Waals surface area contributed by atoms with E-state index in [1.807, 2.05) is 19.1 Å². The first-order valence-corrected chi connectivity index (χ1v) is 9.08. The van der Waals surface area contributed by atoms with Gasteiger partial charge in [0.1, 0.15) is 5.58 Å². The average molecular weight is 390 g/mol. The topological polar surface area (TPSA) is 106 Å². The van der Waals surface area contributed by atoms with Gasteiger partial charge < -0.3 is 4.42 Å². The zero-order valence-corrected chi connectivity index (χ0v) is 15.9. The van der Waals surface area contributed by atoms with Crippen LogP contribution in [-0.4, -0.2) is 21.6 Å². The maximum Gasteiger partial charge on any atom is 0.305 e. The molecule has 0 atom stereocenters. The van der Waals surface area contributed by atoms with Gasteiger partial charge in [-0.1, -0.05) is 29.8 Å². The Hall–Kier alpha value is -3.94. The summed E-state index contributed by atoms with van der Waals surface area (Å²) in [5.74, 6) is -1.16. The minimum atomic E-state index is -0.635. The van der Waals surface area contributed by atoms with Crippen LogP contribution in [0.15, 0.2) is 57.7 Å². The van der Waals surface area contributed by atoms with Crippen molar-refractivity contribution in [1.82, 2.24) is 20.6 Å². The molecular weight excluding hydrogens is 372 g/mol. The number of rotatable bonds is 3. The molecule has 2 amide bonds. The number of furan rings is 1. The maximum atomic E-state index is 12.7. The molecule has 2 aromatic heterocycles. The van der Waals surface area contributed by atoms with Crippen molar-refractivity contribution >= 4 is 33.6 Å². The van der Waals surface area contributed by atoms with E-state index in [1.54, 1.807) is 43.3 Å². The quantitative estimate of drug-likeness (QED) is 0.523. The molecule has 29 heavy (non-hydrogen) atoms. The van der Waals surface area contributed by atoms with Gasteiger partial charge in [0, 0.05) is 17.3 Å². The Balaban J connectivity index is 1.58. The number of nitrogens with zero attached hydrogens (tertiary/aromatic N) is 2. The maximum absolute atomic E-state index is 12.7. The number of nitrogens with one attached hydrogen (secondary N) is 2. The molecule has 0 radical (unpaired) electrons. The van der Waals surface area contributed by atoms with E-state index in [2.05, 4.69) is 16.0 Å². The lowest BCUT2D eigenvalue weighted by Gasteiger charge is -2.10. The van der Waals surface area contributed by atoms with Crippen molar-refractivity contribution < 1.29 is 14.0 Å². The number of carbonyl (C=O) groups excluding carboxylic acids is 2. The van der Waals surface area contributed by atoms with Gasteiger partial charge in [-0.3, -0.25) is 25.2 Å². The van der Waals surface area contributed by atoms with Crippen LogP contribution in [0, 0.1) is 6.92 Å². The molecule has 2 aromatic carbocycles. The number of hydrogen-bond acceptors (Lipinski definition) is 5. The van der Waals surface area contributed by atoms with Crippen LogP contribution in [0.2, 0.25) is 0 Å². The Kier molecular flexibility index (Phi) is 4.59. The Morgan fingerprint density at radius 2 is 1.76 bits per heavy atom. The van der Waals surface area contributed by atoms with Crippen LogP contribution < -0.4 is 16.4 Å². The molecule has 0 saturated heterocycles. The number of hydrazine groups is 1. The smallest absolute Gasteiger partial charge is 0.305 e. The third kappa shape index (κ3) is 3.36. The van der Waals surface area contributed by atoms with Gasteiger partial charge in [-0.05, 0) is 38.1 Å². The van der Waals surface area contributed by atoms with E-state index in [4.69, 9.17) is 4.42 Å². The first kappa shape index (κ1) is 18.4. The Morgan fingerprint density at radius 1 is 1.03 bits per heavy atom. The molecule has 0 aliphatic heterocycles. The van der Waals surface area contributed by atoms with E-state index in [1.165, 1.54) is 4.68 Å². The molecule has 2 N–H and O–H groups in total. The molecule has 0 bridgehead atoms. The molecule has 8 heteroatoms. The summed E-state index contributed by atoms with van der Waals surface area (Å²) in [4.78, 5) is 37.4. The van der Waals surface area contributed by atoms with Crippen molar-refractivity contribution in [3.05, 3.63) is 75.9 Å². The van der Waals surface area contributed by atoms with Crippen LogP contribution in [-0.2, 0) is 6.54 Å². The van der Waals surface area contributed by atoms with Crippen LogP contribution in [0.25, 0.3) is 21.7 Å². The van der Waals surface area contributed by atoms with E-state index in [0.717, 1.165) is 10.9 Å². The molecule has 2 heterocycles. The summed E-state index contributed by atoms with van der Waals surface area (Å²) in [5, 5.41) is 5.72. The van der Waals surface area contributed by atoms with Gasteiger partial charge in [-0.25, -0.2) is 4.68 Å². The highest BCUT2D eigenvalue weighted by molar-refractivity contribution is 6.06. The van der Waals surface area contributed by atoms with E-state index in [0.29, 0.717) is 22.9 Å². The van der Waals surface area contributed by atoms with Gasteiger partial charge in [0.25, 0.3) is 11.5 Å². The normalized spacial score (nSPS) is 11.0. The summed E-state index contributed by atoms with van der Waals surface area (Å²) in [6.45, 7) is 4.02. The van der Waals surface area contributed by atoms with Crippen molar-refractivity contribution in [3.63, 3.8) is 0 Å². The predicted molar refractivity (Wildman–Crippen MR) is 108 cm³/mol. The SMILES string of the molecule is CCn1nc(C(=O)NNC(=O)c2cc3cc(C)ccc3o2)c2ccccc2c1=O. The fourth-order valence-electron chi connectivity index (χ4n) is 3.13. The molecule has 0 saturated carbocycles. The van der Waals surface area contributed by atoms with Gasteiger partial charge in [0.05, 0.1) is 5.39 Å². The fourth-order valence-corrected chi connectivity index (χ4v) is 3.13. The molecule has 4 rings (SSSR count). The molecule has 8 nitrogen and oxygen atoms in total. The molecule has 4 aromatic rings. The number of aromatic nitrogens is 2. The highest BCUT2D eigenvalue weighted by atomic mass is 16.3. The fraction of sp³-hybridized carbons (Fsp3) is 0.143. The molecule has 0 aliphatic rings. The second-order valence-electron chi connectivity index (χ2n) is 6.58. The van der Waals surface area contributed by atoms with Gasteiger partial charge in [0.15, 0.2) is 11.5 Å². The van der Waals surface area contributed by atoms with E-state index in [9.17, 15) is 14.4 Å². The predicted octanol–water partition coefficient (Wildman–Crippen LogP) is 2.55. The number of carbonyl (C=O) groups is 2. The van der Waals surface area contributed by atoms with Crippen LogP contribution in [0.3, 0.4) is 0 Å². The van der Waals surface area contributed by atoms with Gasteiger partial charge in [-0.2, -0.15) is 5.10 Å². The molecule has 0 aliphatic carbocycles. The summed E-state index contributed by atoms with van der Waals surface area (Å²) in [7, 11) is 0. The minimum absolute atomic E-state index is 0.0441. The molecule has 0 unspecified atom stereocenters. The van der Waals surface area contributed by atoms with Crippen molar-refractivity contribution in [2.24, 2.45) is 0 Å². The highest BCUT2D eigenvalue weighted by Crippen LogP contribution is 2.20. The Bertz CT molecular complexity index is 1320. The van der Waals surface area contributed by atoms with Crippen molar-refractivity contribution in [2.75, 3.05) is 0 Å². The van der Waals surface area contributed by atoms with E-state index in [-0.39, 0.29) is 17.0 Å².